The number of ether oxygens (including phenoxy) is 3. The molecule has 0 spiro atoms. The van der Waals surface area contributed by atoms with E-state index in [1.54, 1.807) is 32.9 Å². The van der Waals surface area contributed by atoms with Crippen molar-refractivity contribution in [1.82, 2.24) is 0 Å². The number of rotatable bonds is 5. The van der Waals surface area contributed by atoms with Crippen LogP contribution in [0.1, 0.15) is 32.6 Å². The molecule has 0 aliphatic rings. The van der Waals surface area contributed by atoms with Gasteiger partial charge in [0.25, 0.3) is 0 Å². The molecule has 0 aliphatic heterocycles. The molecule has 0 saturated carbocycles. The number of nitrogens with zero attached hydrogens (tertiary/aromatic N) is 1. The van der Waals surface area contributed by atoms with Crippen molar-refractivity contribution in [2.75, 3.05) is 19.1 Å². The molecule has 0 saturated heterocycles. The SMILES string of the molecule is COc1cccc(C(O)N(C(=O)OC(C)(C)C)c2ccc(Cl)cc2F)c1OC. The zero-order chi connectivity index (χ0) is 21.1. The van der Waals surface area contributed by atoms with Gasteiger partial charge in [-0.15, -0.1) is 0 Å². The highest BCUT2D eigenvalue weighted by Crippen LogP contribution is 2.38. The molecule has 8 heteroatoms. The van der Waals surface area contributed by atoms with Gasteiger partial charge in [0.15, 0.2) is 17.7 Å². The molecule has 0 heterocycles. The second-order valence-electron chi connectivity index (χ2n) is 6.90. The van der Waals surface area contributed by atoms with Crippen LogP contribution in [0.25, 0.3) is 0 Å². The lowest BCUT2D eigenvalue weighted by Gasteiger charge is -2.32. The third-order valence-electron chi connectivity index (χ3n) is 3.72. The molecule has 0 fully saturated rings. The number of para-hydroxylation sites is 1. The van der Waals surface area contributed by atoms with Crippen LogP contribution < -0.4 is 14.4 Å². The van der Waals surface area contributed by atoms with E-state index in [1.807, 2.05) is 0 Å². The van der Waals surface area contributed by atoms with E-state index in [-0.39, 0.29) is 22.0 Å². The topological polar surface area (TPSA) is 68.2 Å². The molecule has 2 aromatic carbocycles. The molecule has 1 unspecified atom stereocenters. The smallest absolute Gasteiger partial charge is 0.417 e. The number of hydrogen-bond acceptors (Lipinski definition) is 5. The molecule has 0 aliphatic carbocycles. The Morgan fingerprint density at radius 2 is 1.86 bits per heavy atom. The van der Waals surface area contributed by atoms with E-state index in [1.165, 1.54) is 32.4 Å². The quantitative estimate of drug-likeness (QED) is 0.706. The van der Waals surface area contributed by atoms with Crippen molar-refractivity contribution in [3.63, 3.8) is 0 Å². The normalized spacial score (nSPS) is 12.3. The van der Waals surface area contributed by atoms with Gasteiger partial charge in [0, 0.05) is 10.6 Å². The van der Waals surface area contributed by atoms with Crippen LogP contribution in [0, 0.1) is 5.82 Å². The summed E-state index contributed by atoms with van der Waals surface area (Å²) in [6, 6.07) is 8.53. The minimum absolute atomic E-state index is 0.152. The molecule has 6 nitrogen and oxygen atoms in total. The molecule has 152 valence electrons. The highest BCUT2D eigenvalue weighted by atomic mass is 35.5. The summed E-state index contributed by atoms with van der Waals surface area (Å²) in [6.07, 6.45) is -2.55. The lowest BCUT2D eigenvalue weighted by Crippen LogP contribution is -2.40. The first kappa shape index (κ1) is 21.8. The fourth-order valence-corrected chi connectivity index (χ4v) is 2.73. The maximum atomic E-state index is 14.6. The maximum Gasteiger partial charge on any atom is 0.417 e. The molecule has 0 aromatic heterocycles. The number of anilines is 1. The Hall–Kier alpha value is -2.51. The Kier molecular flexibility index (Phi) is 6.74. The molecule has 28 heavy (non-hydrogen) atoms. The largest absolute Gasteiger partial charge is 0.493 e. The standard InChI is InChI=1S/C20H23ClFNO5/c1-20(2,3)28-19(25)23(15-10-9-12(21)11-14(15)22)18(24)13-7-6-8-16(26-4)17(13)27-5/h6-11,18,24H,1-5H3. The van der Waals surface area contributed by atoms with Gasteiger partial charge >= 0.3 is 6.09 Å². The van der Waals surface area contributed by atoms with E-state index in [0.717, 1.165) is 11.0 Å². The predicted octanol–water partition coefficient (Wildman–Crippen LogP) is 4.93. The lowest BCUT2D eigenvalue weighted by molar-refractivity contribution is 0.0467. The monoisotopic (exact) mass is 411 g/mol. The Morgan fingerprint density at radius 1 is 1.18 bits per heavy atom. The number of hydrogen-bond donors (Lipinski definition) is 1. The molecular weight excluding hydrogens is 389 g/mol. The average Bonchev–Trinajstić information content (AvgIpc) is 2.61. The summed E-state index contributed by atoms with van der Waals surface area (Å²) in [7, 11) is 2.84. The van der Waals surface area contributed by atoms with Crippen LogP contribution in [0.5, 0.6) is 11.5 Å². The van der Waals surface area contributed by atoms with Gasteiger partial charge < -0.3 is 19.3 Å². The minimum atomic E-state index is -1.62. The molecule has 1 amide bonds. The van der Waals surface area contributed by atoms with Gasteiger partial charge in [0.2, 0.25) is 0 Å². The third kappa shape index (κ3) is 4.85. The van der Waals surface area contributed by atoms with Crippen LogP contribution >= 0.6 is 11.6 Å². The van der Waals surface area contributed by atoms with Crippen LogP contribution in [0.4, 0.5) is 14.9 Å². The third-order valence-corrected chi connectivity index (χ3v) is 3.95. The summed E-state index contributed by atoms with van der Waals surface area (Å²) in [6.45, 7) is 5.00. The Bertz CT molecular complexity index is 853. The van der Waals surface area contributed by atoms with Crippen molar-refractivity contribution in [3.05, 3.63) is 52.8 Å². The molecule has 1 N–H and O–H groups in total. The van der Waals surface area contributed by atoms with Crippen molar-refractivity contribution in [1.29, 1.82) is 0 Å². The summed E-state index contributed by atoms with van der Waals surface area (Å²) < 4.78 is 30.5. The fourth-order valence-electron chi connectivity index (χ4n) is 2.57. The number of halogens is 2. The molecule has 2 rings (SSSR count). The van der Waals surface area contributed by atoms with E-state index in [9.17, 15) is 14.3 Å². The zero-order valence-corrected chi connectivity index (χ0v) is 17.1. The highest BCUT2D eigenvalue weighted by molar-refractivity contribution is 6.30. The number of methoxy groups -OCH3 is 2. The van der Waals surface area contributed by atoms with Crippen molar-refractivity contribution < 1.29 is 28.5 Å². The summed E-state index contributed by atoms with van der Waals surface area (Å²) in [5, 5.41) is 11.2. The van der Waals surface area contributed by atoms with E-state index in [2.05, 4.69) is 0 Å². The summed E-state index contributed by atoms with van der Waals surface area (Å²) in [5.74, 6) is -0.237. The van der Waals surface area contributed by atoms with Gasteiger partial charge in [-0.3, -0.25) is 0 Å². The van der Waals surface area contributed by atoms with Crippen molar-refractivity contribution in [2.45, 2.75) is 32.6 Å². The van der Waals surface area contributed by atoms with Crippen molar-refractivity contribution in [3.8, 4) is 11.5 Å². The number of benzene rings is 2. The highest BCUT2D eigenvalue weighted by Gasteiger charge is 2.33. The second-order valence-corrected chi connectivity index (χ2v) is 7.34. The van der Waals surface area contributed by atoms with Gasteiger partial charge in [-0.2, -0.15) is 0 Å². The van der Waals surface area contributed by atoms with E-state index < -0.39 is 23.7 Å². The first-order valence-corrected chi connectivity index (χ1v) is 8.83. The van der Waals surface area contributed by atoms with Crippen LogP contribution in [0.3, 0.4) is 0 Å². The number of carbonyl (C=O) groups is 1. The molecule has 0 bridgehead atoms. The van der Waals surface area contributed by atoms with Crippen LogP contribution in [0.2, 0.25) is 5.02 Å². The van der Waals surface area contributed by atoms with Gasteiger partial charge in [0.05, 0.1) is 19.9 Å². The van der Waals surface area contributed by atoms with Gasteiger partial charge in [0.1, 0.15) is 11.4 Å². The van der Waals surface area contributed by atoms with Gasteiger partial charge in [-0.25, -0.2) is 14.1 Å². The van der Waals surface area contributed by atoms with Gasteiger partial charge in [-0.05, 0) is 45.0 Å². The molecular formula is C20H23ClFNO5. The van der Waals surface area contributed by atoms with Crippen LogP contribution in [0.15, 0.2) is 36.4 Å². The first-order chi connectivity index (χ1) is 13.1. The van der Waals surface area contributed by atoms with Crippen molar-refractivity contribution >= 4 is 23.4 Å². The zero-order valence-electron chi connectivity index (χ0n) is 16.3. The van der Waals surface area contributed by atoms with E-state index in [0.29, 0.717) is 5.75 Å². The fraction of sp³-hybridized carbons (Fsp3) is 0.350. The van der Waals surface area contributed by atoms with Crippen molar-refractivity contribution in [2.24, 2.45) is 0 Å². The summed E-state index contributed by atoms with van der Waals surface area (Å²) in [5.41, 5.74) is -0.866. The second kappa shape index (κ2) is 8.67. The molecule has 1 atom stereocenters. The lowest BCUT2D eigenvalue weighted by atomic mass is 10.1. The summed E-state index contributed by atoms with van der Waals surface area (Å²) in [4.78, 5) is 13.6. The number of amides is 1. The number of aliphatic hydroxyl groups excluding tert-OH is 1. The van der Waals surface area contributed by atoms with E-state index in [4.69, 9.17) is 25.8 Å². The minimum Gasteiger partial charge on any atom is -0.493 e. The van der Waals surface area contributed by atoms with E-state index >= 15 is 0 Å². The number of aliphatic hydroxyl groups is 1. The predicted molar refractivity (Wildman–Crippen MR) is 105 cm³/mol. The Balaban J connectivity index is 2.60. The Labute approximate surface area is 168 Å². The molecule has 0 radical (unpaired) electrons. The number of carbonyl (C=O) groups excluding carboxylic acids is 1. The Morgan fingerprint density at radius 3 is 2.39 bits per heavy atom. The van der Waals surface area contributed by atoms with Crippen LogP contribution in [-0.4, -0.2) is 31.0 Å². The maximum absolute atomic E-state index is 14.6. The van der Waals surface area contributed by atoms with Gasteiger partial charge in [-0.1, -0.05) is 23.7 Å². The average molecular weight is 412 g/mol. The van der Waals surface area contributed by atoms with Crippen LogP contribution in [-0.2, 0) is 4.74 Å². The first-order valence-electron chi connectivity index (χ1n) is 8.45. The summed E-state index contributed by atoms with van der Waals surface area (Å²) >= 11 is 5.82. The molecule has 2 aromatic rings.